The van der Waals surface area contributed by atoms with E-state index in [0.29, 0.717) is 17.7 Å². The van der Waals surface area contributed by atoms with Gasteiger partial charge in [-0.1, -0.05) is 6.07 Å². The SMILES string of the molecule is CC(C)(CCS(C)(=O)=O)NC(=O)c1cccc(N)c1.Cl. The summed E-state index contributed by atoms with van der Waals surface area (Å²) in [6.07, 6.45) is 1.54. The Morgan fingerprint density at radius 1 is 1.35 bits per heavy atom. The van der Waals surface area contributed by atoms with E-state index < -0.39 is 15.4 Å². The van der Waals surface area contributed by atoms with Crippen LogP contribution >= 0.6 is 12.4 Å². The highest BCUT2D eigenvalue weighted by Crippen LogP contribution is 2.13. The van der Waals surface area contributed by atoms with E-state index >= 15 is 0 Å². The smallest absolute Gasteiger partial charge is 0.251 e. The topological polar surface area (TPSA) is 89.3 Å². The largest absolute Gasteiger partial charge is 0.399 e. The molecule has 0 aliphatic carbocycles. The minimum Gasteiger partial charge on any atom is -0.399 e. The van der Waals surface area contributed by atoms with Gasteiger partial charge >= 0.3 is 0 Å². The normalized spacial score (nSPS) is 11.6. The van der Waals surface area contributed by atoms with Crippen LogP contribution in [0, 0.1) is 0 Å². The number of nitrogens with two attached hydrogens (primary N) is 1. The fraction of sp³-hybridized carbons (Fsp3) is 0.462. The minimum absolute atomic E-state index is 0. The second-order valence-electron chi connectivity index (χ2n) is 5.34. The predicted octanol–water partition coefficient (Wildman–Crippen LogP) is 1.63. The Kier molecular flexibility index (Phi) is 6.50. The maximum absolute atomic E-state index is 12.0. The highest BCUT2D eigenvalue weighted by atomic mass is 35.5. The molecule has 5 nitrogen and oxygen atoms in total. The summed E-state index contributed by atoms with van der Waals surface area (Å²) in [4.78, 5) is 12.0. The lowest BCUT2D eigenvalue weighted by molar-refractivity contribution is 0.0911. The van der Waals surface area contributed by atoms with Crippen molar-refractivity contribution in [2.24, 2.45) is 0 Å². The van der Waals surface area contributed by atoms with Gasteiger partial charge in [-0.2, -0.15) is 0 Å². The van der Waals surface area contributed by atoms with E-state index in [1.807, 2.05) is 0 Å². The number of sulfone groups is 1. The molecule has 0 fully saturated rings. The summed E-state index contributed by atoms with van der Waals surface area (Å²) in [7, 11) is -3.04. The molecule has 0 atom stereocenters. The molecule has 1 rings (SSSR count). The Morgan fingerprint density at radius 3 is 2.45 bits per heavy atom. The molecule has 0 aliphatic heterocycles. The zero-order valence-electron chi connectivity index (χ0n) is 11.8. The molecule has 1 aromatic carbocycles. The number of rotatable bonds is 5. The third-order valence-electron chi connectivity index (χ3n) is 2.70. The molecule has 0 saturated heterocycles. The Morgan fingerprint density at radius 2 is 1.95 bits per heavy atom. The van der Waals surface area contributed by atoms with E-state index in [1.54, 1.807) is 38.1 Å². The quantitative estimate of drug-likeness (QED) is 0.807. The predicted molar refractivity (Wildman–Crippen MR) is 84.0 cm³/mol. The van der Waals surface area contributed by atoms with Crippen molar-refractivity contribution < 1.29 is 13.2 Å². The summed E-state index contributed by atoms with van der Waals surface area (Å²) >= 11 is 0. The first-order valence-electron chi connectivity index (χ1n) is 5.95. The average molecular weight is 321 g/mol. The molecule has 0 aromatic heterocycles. The van der Waals surface area contributed by atoms with Crippen LogP contribution in [0.2, 0.25) is 0 Å². The standard InChI is InChI=1S/C13H20N2O3S.ClH/c1-13(2,7-8-19(3,17)18)15-12(16)10-5-4-6-11(14)9-10;/h4-6,9H,7-8,14H2,1-3H3,(H,15,16);1H. The molecule has 0 spiro atoms. The molecule has 0 radical (unpaired) electrons. The van der Waals surface area contributed by atoms with E-state index in [0.717, 1.165) is 0 Å². The van der Waals surface area contributed by atoms with E-state index in [4.69, 9.17) is 5.73 Å². The number of nitrogens with one attached hydrogen (secondary N) is 1. The molecule has 7 heteroatoms. The summed E-state index contributed by atoms with van der Waals surface area (Å²) in [5.41, 5.74) is 6.00. The van der Waals surface area contributed by atoms with E-state index in [2.05, 4.69) is 5.32 Å². The molecule has 3 N–H and O–H groups in total. The molecule has 20 heavy (non-hydrogen) atoms. The monoisotopic (exact) mass is 320 g/mol. The number of anilines is 1. The summed E-state index contributed by atoms with van der Waals surface area (Å²) in [6, 6.07) is 6.65. The van der Waals surface area contributed by atoms with Gasteiger partial charge in [-0.15, -0.1) is 12.4 Å². The molecule has 0 unspecified atom stereocenters. The summed E-state index contributed by atoms with van der Waals surface area (Å²) < 4.78 is 22.3. The van der Waals surface area contributed by atoms with Crippen molar-refractivity contribution in [1.82, 2.24) is 5.32 Å². The number of halogens is 1. The van der Waals surface area contributed by atoms with Crippen molar-refractivity contribution in [3.05, 3.63) is 29.8 Å². The first-order valence-corrected chi connectivity index (χ1v) is 8.01. The van der Waals surface area contributed by atoms with E-state index in [9.17, 15) is 13.2 Å². The van der Waals surface area contributed by atoms with Crippen molar-refractivity contribution in [3.8, 4) is 0 Å². The van der Waals surface area contributed by atoms with Gasteiger partial charge in [0.15, 0.2) is 0 Å². The van der Waals surface area contributed by atoms with Crippen LogP contribution < -0.4 is 11.1 Å². The molecular weight excluding hydrogens is 300 g/mol. The fourth-order valence-electron chi connectivity index (χ4n) is 1.56. The highest BCUT2D eigenvalue weighted by Gasteiger charge is 2.22. The lowest BCUT2D eigenvalue weighted by atomic mass is 10.0. The van der Waals surface area contributed by atoms with Crippen molar-refractivity contribution >= 4 is 33.8 Å². The summed E-state index contributed by atoms with van der Waals surface area (Å²) in [5, 5.41) is 2.81. The van der Waals surface area contributed by atoms with E-state index in [-0.39, 0.29) is 24.1 Å². The number of carbonyl (C=O) groups excluding carboxylic acids is 1. The van der Waals surface area contributed by atoms with Crippen LogP contribution in [0.25, 0.3) is 0 Å². The zero-order valence-corrected chi connectivity index (χ0v) is 13.5. The third-order valence-corrected chi connectivity index (χ3v) is 3.64. The number of benzene rings is 1. The van der Waals surface area contributed by atoms with Crippen molar-refractivity contribution in [1.29, 1.82) is 0 Å². The number of hydrogen-bond acceptors (Lipinski definition) is 4. The molecule has 0 bridgehead atoms. The lowest BCUT2D eigenvalue weighted by Crippen LogP contribution is -2.44. The first kappa shape index (κ1) is 18.7. The van der Waals surface area contributed by atoms with Gasteiger partial charge in [0.05, 0.1) is 5.75 Å². The zero-order chi connectivity index (χ0) is 14.7. The molecule has 0 saturated carbocycles. The molecule has 1 amide bonds. The third kappa shape index (κ3) is 6.77. The van der Waals surface area contributed by atoms with Gasteiger partial charge in [0.1, 0.15) is 9.84 Å². The van der Waals surface area contributed by atoms with Crippen LogP contribution in [0.3, 0.4) is 0 Å². The summed E-state index contributed by atoms with van der Waals surface area (Å²) in [5.74, 6) is -0.220. The van der Waals surface area contributed by atoms with Crippen LogP contribution in [-0.2, 0) is 9.84 Å². The Bertz CT molecular complexity index is 571. The van der Waals surface area contributed by atoms with Gasteiger partial charge < -0.3 is 11.1 Å². The Hall–Kier alpha value is -1.27. The van der Waals surface area contributed by atoms with Crippen LogP contribution in [-0.4, -0.2) is 31.9 Å². The second kappa shape index (κ2) is 6.95. The molecule has 114 valence electrons. The van der Waals surface area contributed by atoms with Crippen LogP contribution in [0.5, 0.6) is 0 Å². The Labute approximate surface area is 126 Å². The number of carbonyl (C=O) groups is 1. The first-order chi connectivity index (χ1) is 8.59. The maximum Gasteiger partial charge on any atom is 0.251 e. The van der Waals surface area contributed by atoms with Gasteiger partial charge in [0.25, 0.3) is 5.91 Å². The van der Waals surface area contributed by atoms with Gasteiger partial charge in [0, 0.05) is 23.0 Å². The van der Waals surface area contributed by atoms with E-state index in [1.165, 1.54) is 6.26 Å². The number of nitrogen functional groups attached to an aromatic ring is 1. The molecule has 0 aliphatic rings. The van der Waals surface area contributed by atoms with Gasteiger partial charge in [0.2, 0.25) is 0 Å². The van der Waals surface area contributed by atoms with Gasteiger partial charge in [-0.3, -0.25) is 4.79 Å². The molecular formula is C13H21ClN2O3S. The number of amides is 1. The van der Waals surface area contributed by atoms with Crippen molar-refractivity contribution in [3.63, 3.8) is 0 Å². The minimum atomic E-state index is -3.04. The maximum atomic E-state index is 12.0. The molecule has 0 heterocycles. The Balaban J connectivity index is 0.00000361. The second-order valence-corrected chi connectivity index (χ2v) is 7.60. The van der Waals surface area contributed by atoms with Crippen molar-refractivity contribution in [2.45, 2.75) is 25.8 Å². The highest BCUT2D eigenvalue weighted by molar-refractivity contribution is 7.90. The van der Waals surface area contributed by atoms with Gasteiger partial charge in [-0.25, -0.2) is 8.42 Å². The lowest BCUT2D eigenvalue weighted by Gasteiger charge is -2.26. The van der Waals surface area contributed by atoms with Crippen LogP contribution in [0.4, 0.5) is 5.69 Å². The molecule has 1 aromatic rings. The number of hydrogen-bond donors (Lipinski definition) is 2. The van der Waals surface area contributed by atoms with Crippen LogP contribution in [0.15, 0.2) is 24.3 Å². The van der Waals surface area contributed by atoms with Crippen LogP contribution in [0.1, 0.15) is 30.6 Å². The van der Waals surface area contributed by atoms with Crippen molar-refractivity contribution in [2.75, 3.05) is 17.7 Å². The fourth-order valence-corrected chi connectivity index (χ4v) is 2.44. The summed E-state index contributed by atoms with van der Waals surface area (Å²) in [6.45, 7) is 3.59. The average Bonchev–Trinajstić information content (AvgIpc) is 2.25. The van der Waals surface area contributed by atoms with Gasteiger partial charge in [-0.05, 0) is 38.5 Å².